The van der Waals surface area contributed by atoms with Crippen LogP contribution < -0.4 is 5.32 Å². The van der Waals surface area contributed by atoms with Crippen LogP contribution in [0.25, 0.3) is 0 Å². The fourth-order valence-electron chi connectivity index (χ4n) is 4.31. The predicted octanol–water partition coefficient (Wildman–Crippen LogP) is 7.58. The first-order chi connectivity index (χ1) is 16.3. The highest BCUT2D eigenvalue weighted by Crippen LogP contribution is 2.33. The van der Waals surface area contributed by atoms with Gasteiger partial charge in [0.15, 0.2) is 5.82 Å². The van der Waals surface area contributed by atoms with Gasteiger partial charge in [0, 0.05) is 5.69 Å². The van der Waals surface area contributed by atoms with Gasteiger partial charge in [0.2, 0.25) is 5.91 Å². The van der Waals surface area contributed by atoms with Gasteiger partial charge in [0.05, 0.1) is 12.5 Å². The van der Waals surface area contributed by atoms with Gasteiger partial charge in [-0.15, -0.1) is 10.2 Å². The summed E-state index contributed by atoms with van der Waals surface area (Å²) >= 11 is 0. The lowest BCUT2D eigenvalue weighted by Gasteiger charge is -2.21. The molecule has 0 radical (unpaired) electrons. The molecular formula is C28H47N5O. The third-order valence-electron chi connectivity index (χ3n) is 6.58. The van der Waals surface area contributed by atoms with Crippen LogP contribution in [0.1, 0.15) is 140 Å². The van der Waals surface area contributed by atoms with Gasteiger partial charge >= 0.3 is 0 Å². The van der Waals surface area contributed by atoms with Gasteiger partial charge in [0.1, 0.15) is 0 Å². The molecule has 1 N–H and O–H groups in total. The summed E-state index contributed by atoms with van der Waals surface area (Å²) < 4.78 is 0. The second kappa shape index (κ2) is 14.9. The Labute approximate surface area is 207 Å². The van der Waals surface area contributed by atoms with E-state index in [0.29, 0.717) is 17.7 Å². The van der Waals surface area contributed by atoms with Gasteiger partial charge in [-0.1, -0.05) is 111 Å². The number of carbonyl (C=O) groups is 1. The Bertz CT molecular complexity index is 832. The van der Waals surface area contributed by atoms with Crippen molar-refractivity contribution in [2.45, 2.75) is 130 Å². The molecule has 1 aromatic heterocycles. The number of amides is 1. The number of tetrazole rings is 1. The average Bonchev–Trinajstić information content (AvgIpc) is 3.28. The van der Waals surface area contributed by atoms with Crippen LogP contribution in [-0.2, 0) is 11.3 Å². The zero-order chi connectivity index (χ0) is 24.9. The first kappa shape index (κ1) is 28.0. The van der Waals surface area contributed by atoms with Crippen molar-refractivity contribution in [3.63, 3.8) is 0 Å². The van der Waals surface area contributed by atoms with Crippen molar-refractivity contribution in [3.8, 4) is 0 Å². The van der Waals surface area contributed by atoms with Crippen molar-refractivity contribution < 1.29 is 4.79 Å². The van der Waals surface area contributed by atoms with Gasteiger partial charge in [-0.2, -0.15) is 4.80 Å². The largest absolute Gasteiger partial charge is 0.325 e. The van der Waals surface area contributed by atoms with Crippen LogP contribution in [0.2, 0.25) is 0 Å². The summed E-state index contributed by atoms with van der Waals surface area (Å²) in [5.74, 6) is 0.585. The van der Waals surface area contributed by atoms with E-state index in [1.807, 2.05) is 6.92 Å². The molecule has 2 aromatic rings. The number of carbonyl (C=O) groups excluding carboxylic acids is 1. The van der Waals surface area contributed by atoms with Crippen molar-refractivity contribution in [1.82, 2.24) is 20.2 Å². The molecule has 1 heterocycles. The molecule has 0 aliphatic carbocycles. The summed E-state index contributed by atoms with van der Waals surface area (Å²) in [6.07, 6.45) is 13.0. The predicted molar refractivity (Wildman–Crippen MR) is 141 cm³/mol. The van der Waals surface area contributed by atoms with Gasteiger partial charge in [-0.25, -0.2) is 0 Å². The Morgan fingerprint density at radius 3 is 1.91 bits per heavy atom. The van der Waals surface area contributed by atoms with E-state index in [2.05, 4.69) is 73.5 Å². The summed E-state index contributed by atoms with van der Waals surface area (Å²) in [4.78, 5) is 14.7. The zero-order valence-electron chi connectivity index (χ0n) is 22.4. The van der Waals surface area contributed by atoms with E-state index in [9.17, 15) is 4.79 Å². The van der Waals surface area contributed by atoms with Crippen molar-refractivity contribution in [1.29, 1.82) is 0 Å². The Kier molecular flexibility index (Phi) is 12.3. The molecule has 0 spiro atoms. The molecule has 0 saturated carbocycles. The second-order valence-electron chi connectivity index (χ2n) is 10.3. The van der Waals surface area contributed by atoms with Crippen LogP contribution >= 0.6 is 0 Å². The van der Waals surface area contributed by atoms with Crippen molar-refractivity contribution >= 4 is 11.6 Å². The minimum Gasteiger partial charge on any atom is -0.325 e. The van der Waals surface area contributed by atoms with Gasteiger partial charge in [-0.05, 0) is 41.5 Å². The summed E-state index contributed by atoms with van der Waals surface area (Å²) in [7, 11) is 0. The maximum absolute atomic E-state index is 13.1. The number of hydrogen-bond donors (Lipinski definition) is 1. The second-order valence-corrected chi connectivity index (χ2v) is 10.3. The summed E-state index contributed by atoms with van der Waals surface area (Å²) in [6, 6.07) is 6.26. The number of unbranched alkanes of at least 4 members (excludes halogenated alkanes) is 9. The number of benzene rings is 1. The number of para-hydroxylation sites is 1. The molecule has 34 heavy (non-hydrogen) atoms. The van der Waals surface area contributed by atoms with Crippen LogP contribution in [0, 0.1) is 0 Å². The third kappa shape index (κ3) is 8.84. The lowest BCUT2D eigenvalue weighted by atomic mass is 9.92. The molecule has 6 heteroatoms. The molecule has 0 aliphatic rings. The summed E-state index contributed by atoms with van der Waals surface area (Å²) in [6.45, 7) is 13.5. The zero-order valence-corrected chi connectivity index (χ0v) is 22.4. The number of rotatable bonds is 16. The van der Waals surface area contributed by atoms with E-state index < -0.39 is 5.92 Å². The van der Waals surface area contributed by atoms with Crippen molar-refractivity contribution in [2.75, 3.05) is 5.32 Å². The summed E-state index contributed by atoms with van der Waals surface area (Å²) in [5.41, 5.74) is 3.25. The van der Waals surface area contributed by atoms with E-state index in [0.717, 1.165) is 29.8 Å². The molecule has 2 rings (SSSR count). The van der Waals surface area contributed by atoms with Crippen molar-refractivity contribution in [3.05, 3.63) is 35.2 Å². The number of aryl methyl sites for hydroxylation is 1. The topological polar surface area (TPSA) is 72.7 Å². The molecule has 6 nitrogen and oxygen atoms in total. The van der Waals surface area contributed by atoms with E-state index in [-0.39, 0.29) is 5.91 Å². The number of hydrogen-bond acceptors (Lipinski definition) is 4. The first-order valence-electron chi connectivity index (χ1n) is 13.6. The SMILES string of the molecule is CCCCCCCCCCCCn1nnc(C(C)C(=O)Nc2c(C(C)C)cccc2C(C)C)n1. The lowest BCUT2D eigenvalue weighted by molar-refractivity contribution is -0.117. The van der Waals surface area contributed by atoms with Crippen LogP contribution in [-0.4, -0.2) is 26.1 Å². The Balaban J connectivity index is 1.82. The normalized spacial score (nSPS) is 12.5. The first-order valence-corrected chi connectivity index (χ1v) is 13.6. The minimum atomic E-state index is -0.457. The molecular weight excluding hydrogens is 422 g/mol. The molecule has 190 valence electrons. The van der Waals surface area contributed by atoms with Crippen molar-refractivity contribution in [2.24, 2.45) is 0 Å². The van der Waals surface area contributed by atoms with E-state index >= 15 is 0 Å². The minimum absolute atomic E-state index is 0.0894. The molecule has 0 fully saturated rings. The number of nitrogens with one attached hydrogen (secondary N) is 1. The van der Waals surface area contributed by atoms with Gasteiger partial charge < -0.3 is 5.32 Å². The fraction of sp³-hybridized carbons (Fsp3) is 0.714. The fourth-order valence-corrected chi connectivity index (χ4v) is 4.31. The average molecular weight is 470 g/mol. The maximum Gasteiger partial charge on any atom is 0.235 e. The molecule has 0 bridgehead atoms. The summed E-state index contributed by atoms with van der Waals surface area (Å²) in [5, 5.41) is 16.0. The monoisotopic (exact) mass is 469 g/mol. The smallest absolute Gasteiger partial charge is 0.235 e. The van der Waals surface area contributed by atoms with Crippen LogP contribution in [0.3, 0.4) is 0 Å². The quantitative estimate of drug-likeness (QED) is 0.257. The Hall–Kier alpha value is -2.24. The number of nitrogens with zero attached hydrogens (tertiary/aromatic N) is 4. The molecule has 0 saturated heterocycles. The van der Waals surface area contributed by atoms with E-state index in [4.69, 9.17) is 0 Å². The highest BCUT2D eigenvalue weighted by molar-refractivity contribution is 5.96. The van der Waals surface area contributed by atoms with Gasteiger partial charge in [0.25, 0.3) is 0 Å². The molecule has 1 aromatic carbocycles. The van der Waals surface area contributed by atoms with Gasteiger partial charge in [-0.3, -0.25) is 4.79 Å². The van der Waals surface area contributed by atoms with E-state index in [1.165, 1.54) is 57.8 Å². The lowest BCUT2D eigenvalue weighted by Crippen LogP contribution is -2.22. The number of aromatic nitrogens is 4. The Morgan fingerprint density at radius 2 is 1.38 bits per heavy atom. The highest BCUT2D eigenvalue weighted by Gasteiger charge is 2.23. The van der Waals surface area contributed by atoms with Crippen LogP contribution in [0.15, 0.2) is 18.2 Å². The molecule has 1 unspecified atom stereocenters. The van der Waals surface area contributed by atoms with E-state index in [1.54, 1.807) is 4.80 Å². The van der Waals surface area contributed by atoms with Crippen LogP contribution in [0.4, 0.5) is 5.69 Å². The molecule has 1 atom stereocenters. The van der Waals surface area contributed by atoms with Crippen LogP contribution in [0.5, 0.6) is 0 Å². The Morgan fingerprint density at radius 1 is 0.853 bits per heavy atom. The highest BCUT2D eigenvalue weighted by atomic mass is 16.1. The number of anilines is 1. The third-order valence-corrected chi connectivity index (χ3v) is 6.58. The molecule has 0 aliphatic heterocycles. The molecule has 1 amide bonds. The standard InChI is InChI=1S/C28H47N5O/c1-7-8-9-10-11-12-13-14-15-16-20-33-31-27(30-32-33)23(6)28(34)29-26-24(21(2)3)18-17-19-25(26)22(4)5/h17-19,21-23H,7-16,20H2,1-6H3,(H,29,34). The maximum atomic E-state index is 13.1.